The molecular weight excluding hydrogens is 576 g/mol. The molecule has 0 aromatic carbocycles. The molecule has 0 rings (SSSR count). The Hall–Kier alpha value is -0.126. The van der Waals surface area contributed by atoms with Crippen LogP contribution in [0.5, 0.6) is 0 Å². The molecule has 0 aromatic heterocycles. The molecule has 2 atom stereocenters. The lowest BCUT2D eigenvalue weighted by molar-refractivity contribution is -0.0114. The van der Waals surface area contributed by atoms with E-state index in [0.29, 0.717) is 77.4 Å². The highest BCUT2D eigenvalue weighted by Crippen LogP contribution is 2.16. The summed E-state index contributed by atoms with van der Waals surface area (Å²) in [7, 11) is 4.12. The largest absolute Gasteiger partial charge is 0.500 e. The molecule has 2 unspecified atom stereocenters. The first kappa shape index (κ1) is 40.9. The predicted molar refractivity (Wildman–Crippen MR) is 158 cm³/mol. The molecule has 4 N–H and O–H groups in total. The Kier molecular flexibility index (Phi) is 25.1. The van der Waals surface area contributed by atoms with E-state index < -0.39 is 29.8 Å². The van der Waals surface area contributed by atoms with Crippen LogP contribution in [0.1, 0.15) is 19.3 Å². The summed E-state index contributed by atoms with van der Waals surface area (Å²) in [5.41, 5.74) is 0. The highest BCUT2D eigenvalue weighted by atomic mass is 28.4. The van der Waals surface area contributed by atoms with Gasteiger partial charge in [0.15, 0.2) is 0 Å². The fraction of sp³-hybridized carbons (Fsp3) is 1.00. The molecule has 0 heterocycles. The Morgan fingerprint density at radius 2 is 0.902 bits per heavy atom. The number of hydrogen-bond acceptors (Lipinski definition) is 14. The van der Waals surface area contributed by atoms with Crippen LogP contribution in [0.15, 0.2) is 0 Å². The summed E-state index contributed by atoms with van der Waals surface area (Å²) in [5, 5.41) is 39.8. The third kappa shape index (κ3) is 18.3. The van der Waals surface area contributed by atoms with Gasteiger partial charge in [0.1, 0.15) is 0 Å². The number of ether oxygens (including phenoxy) is 2. The van der Waals surface area contributed by atoms with Crippen molar-refractivity contribution in [1.82, 2.24) is 9.80 Å². The van der Waals surface area contributed by atoms with E-state index >= 15 is 0 Å². The Balaban J connectivity index is 4.75. The third-order valence-corrected chi connectivity index (χ3v) is 12.4. The van der Waals surface area contributed by atoms with Gasteiger partial charge in [0.2, 0.25) is 0 Å². The van der Waals surface area contributed by atoms with Gasteiger partial charge in [-0.3, -0.25) is 9.80 Å². The van der Waals surface area contributed by atoms with Crippen molar-refractivity contribution in [3.8, 4) is 0 Å². The van der Waals surface area contributed by atoms with E-state index in [9.17, 15) is 20.4 Å². The van der Waals surface area contributed by atoms with Gasteiger partial charge in [0, 0.05) is 94.1 Å². The monoisotopic (exact) mass is 634 g/mol. The van der Waals surface area contributed by atoms with Crippen LogP contribution in [0.25, 0.3) is 0 Å². The van der Waals surface area contributed by atoms with Gasteiger partial charge in [-0.05, 0) is 32.4 Å². The number of nitrogens with zero attached hydrogens (tertiary/aromatic N) is 2. The highest BCUT2D eigenvalue weighted by Gasteiger charge is 2.37. The maximum Gasteiger partial charge on any atom is 0.500 e. The molecule has 248 valence electrons. The van der Waals surface area contributed by atoms with Gasteiger partial charge >= 0.3 is 17.6 Å². The summed E-state index contributed by atoms with van der Waals surface area (Å²) < 4.78 is 43.8. The highest BCUT2D eigenvalue weighted by molar-refractivity contribution is 6.60. The Labute approximate surface area is 249 Å². The van der Waals surface area contributed by atoms with Crippen molar-refractivity contribution >= 4 is 17.6 Å². The molecule has 16 heteroatoms. The van der Waals surface area contributed by atoms with Crippen LogP contribution in [-0.2, 0) is 36.0 Å². The smallest absolute Gasteiger partial charge is 0.395 e. The van der Waals surface area contributed by atoms with Crippen molar-refractivity contribution in [3.63, 3.8) is 0 Å². The van der Waals surface area contributed by atoms with E-state index in [-0.39, 0.29) is 26.4 Å². The average molecular weight is 635 g/mol. The topological polar surface area (TPSA) is 161 Å². The lowest BCUT2D eigenvalue weighted by Gasteiger charge is -2.29. The Bertz CT molecular complexity index is 534. The minimum atomic E-state index is -2.65. The van der Waals surface area contributed by atoms with Gasteiger partial charge in [-0.1, -0.05) is 0 Å². The summed E-state index contributed by atoms with van der Waals surface area (Å²) in [5.74, 6) is 0. The molecule has 0 saturated carbocycles. The normalized spacial score (nSPS) is 14.3. The van der Waals surface area contributed by atoms with Crippen molar-refractivity contribution in [1.29, 1.82) is 0 Å². The van der Waals surface area contributed by atoms with Crippen molar-refractivity contribution in [2.24, 2.45) is 0 Å². The van der Waals surface area contributed by atoms with E-state index in [1.54, 1.807) is 42.7 Å². The fourth-order valence-electron chi connectivity index (χ4n) is 4.43. The van der Waals surface area contributed by atoms with E-state index in [1.807, 2.05) is 9.80 Å². The van der Waals surface area contributed by atoms with E-state index in [2.05, 4.69) is 0 Å². The summed E-state index contributed by atoms with van der Waals surface area (Å²) in [6.07, 6.45) is 0.569. The van der Waals surface area contributed by atoms with Crippen molar-refractivity contribution in [2.75, 3.05) is 122 Å². The van der Waals surface area contributed by atoms with E-state index in [0.717, 1.165) is 6.42 Å². The first-order valence-corrected chi connectivity index (χ1v) is 18.1. The second kappa shape index (κ2) is 25.2. The molecular formula is C25H58N2O12Si2. The zero-order chi connectivity index (χ0) is 31.0. The zero-order valence-electron chi connectivity index (χ0n) is 26.1. The van der Waals surface area contributed by atoms with E-state index in [4.69, 9.17) is 36.0 Å². The molecule has 41 heavy (non-hydrogen) atoms. The fourth-order valence-corrected chi connectivity index (χ4v) is 7.81. The molecule has 0 aliphatic rings. The Morgan fingerprint density at radius 3 is 1.24 bits per heavy atom. The quantitative estimate of drug-likeness (QED) is 0.0577. The molecule has 0 aliphatic carbocycles. The Morgan fingerprint density at radius 1 is 0.537 bits per heavy atom. The van der Waals surface area contributed by atoms with Gasteiger partial charge in [-0.15, -0.1) is 0 Å². The molecule has 14 nitrogen and oxygen atoms in total. The standard InChI is InChI=1S/C25H58N2O12Si2/c1-32-40(33-2,34-3)18-8-16-38-22-24(30)20-27(11-7-10-26(12-14-28)13-15-29)21-25(31)23-39-17-9-19-41(35-4,36-5)37-6/h24-25,28-31H,7-23H2,1-6H3. The minimum Gasteiger partial charge on any atom is -0.395 e. The molecule has 0 bridgehead atoms. The third-order valence-electron chi connectivity index (χ3n) is 6.75. The molecule has 0 radical (unpaired) electrons. The van der Waals surface area contributed by atoms with Gasteiger partial charge in [0.05, 0.1) is 38.6 Å². The summed E-state index contributed by atoms with van der Waals surface area (Å²) in [4.78, 5) is 3.96. The second-order valence-electron chi connectivity index (χ2n) is 9.66. The lowest BCUT2D eigenvalue weighted by Crippen LogP contribution is -2.43. The van der Waals surface area contributed by atoms with Crippen LogP contribution in [0.4, 0.5) is 0 Å². The van der Waals surface area contributed by atoms with Crippen LogP contribution in [0.2, 0.25) is 12.1 Å². The summed E-state index contributed by atoms with van der Waals surface area (Å²) >= 11 is 0. The maximum atomic E-state index is 10.6. The first-order valence-electron chi connectivity index (χ1n) is 14.2. The number of aliphatic hydroxyl groups is 4. The van der Waals surface area contributed by atoms with Gasteiger partial charge < -0.3 is 56.5 Å². The van der Waals surface area contributed by atoms with Gasteiger partial charge in [0.25, 0.3) is 0 Å². The van der Waals surface area contributed by atoms with E-state index in [1.165, 1.54) is 0 Å². The lowest BCUT2D eigenvalue weighted by atomic mass is 10.2. The molecule has 0 saturated heterocycles. The average Bonchev–Trinajstić information content (AvgIpc) is 2.97. The van der Waals surface area contributed by atoms with Gasteiger partial charge in [-0.25, -0.2) is 0 Å². The van der Waals surface area contributed by atoms with Crippen LogP contribution in [0.3, 0.4) is 0 Å². The molecule has 0 fully saturated rings. The zero-order valence-corrected chi connectivity index (χ0v) is 28.1. The molecule has 0 aliphatic heterocycles. The van der Waals surface area contributed by atoms with Crippen LogP contribution in [0, 0.1) is 0 Å². The van der Waals surface area contributed by atoms with Crippen molar-refractivity contribution < 1.29 is 56.5 Å². The molecule has 0 amide bonds. The van der Waals surface area contributed by atoms with Crippen molar-refractivity contribution in [2.45, 2.75) is 43.6 Å². The predicted octanol–water partition coefficient (Wildman–Crippen LogP) is -0.743. The van der Waals surface area contributed by atoms with Gasteiger partial charge in [-0.2, -0.15) is 0 Å². The summed E-state index contributed by atoms with van der Waals surface area (Å²) in [6, 6.07) is 1.21. The van der Waals surface area contributed by atoms with Crippen LogP contribution < -0.4 is 0 Å². The van der Waals surface area contributed by atoms with Crippen molar-refractivity contribution in [3.05, 3.63) is 0 Å². The minimum absolute atomic E-state index is 0.0152. The van der Waals surface area contributed by atoms with Crippen LogP contribution in [-0.4, -0.2) is 182 Å². The molecule has 0 spiro atoms. The summed E-state index contributed by atoms with van der Waals surface area (Å²) in [6.45, 7) is 4.04. The SMILES string of the molecule is CO[Si](CCCOCC(O)CN(CCCN(CCO)CCO)CC(O)COCCC[Si](OC)(OC)OC)(OC)OC. The molecule has 0 aromatic rings. The first-order chi connectivity index (χ1) is 19.7. The number of hydrogen-bond donors (Lipinski definition) is 4. The van der Waals surface area contributed by atoms with Crippen LogP contribution >= 0.6 is 0 Å². The number of aliphatic hydroxyl groups excluding tert-OH is 4. The maximum absolute atomic E-state index is 10.6. The second-order valence-corrected chi connectivity index (χ2v) is 15.8. The number of rotatable bonds is 30.